The van der Waals surface area contributed by atoms with Crippen LogP contribution < -0.4 is 10.6 Å². The number of nitrogens with one attached hydrogen (secondary N) is 2. The summed E-state index contributed by atoms with van der Waals surface area (Å²) in [7, 11) is 1.82. The average Bonchev–Trinajstić information content (AvgIpc) is 2.73. The molecular weight excluding hydrogens is 348 g/mol. The van der Waals surface area contributed by atoms with Crippen molar-refractivity contribution >= 4 is 5.96 Å². The van der Waals surface area contributed by atoms with E-state index in [0.717, 1.165) is 45.4 Å². The highest BCUT2D eigenvalue weighted by molar-refractivity contribution is 5.79. The van der Waals surface area contributed by atoms with E-state index in [4.69, 9.17) is 4.74 Å². The molecule has 0 radical (unpaired) electrons. The molecule has 0 saturated carbocycles. The van der Waals surface area contributed by atoms with Crippen LogP contribution in [0.4, 0.5) is 0 Å². The molecule has 2 N–H and O–H groups in total. The van der Waals surface area contributed by atoms with Crippen LogP contribution in [0.5, 0.6) is 0 Å². The SMILES string of the molecule is CN=C(NCc1ccc(C)cc1C)NCC(c1ccccc1)N1CCOCC1. The Morgan fingerprint density at radius 1 is 1.07 bits per heavy atom. The van der Waals surface area contributed by atoms with Gasteiger partial charge in [0, 0.05) is 33.2 Å². The lowest BCUT2D eigenvalue weighted by molar-refractivity contribution is 0.0170. The summed E-state index contributed by atoms with van der Waals surface area (Å²) in [5.74, 6) is 0.828. The largest absolute Gasteiger partial charge is 0.379 e. The Kier molecular flexibility index (Phi) is 7.46. The van der Waals surface area contributed by atoms with Crippen LogP contribution in [0, 0.1) is 13.8 Å². The van der Waals surface area contributed by atoms with E-state index in [1.807, 2.05) is 7.05 Å². The molecule has 1 saturated heterocycles. The number of benzene rings is 2. The molecule has 0 amide bonds. The first-order valence-corrected chi connectivity index (χ1v) is 10.0. The molecule has 3 rings (SSSR count). The molecule has 0 aliphatic carbocycles. The Labute approximate surface area is 168 Å². The van der Waals surface area contributed by atoms with Gasteiger partial charge in [-0.05, 0) is 30.5 Å². The van der Waals surface area contributed by atoms with Gasteiger partial charge in [0.15, 0.2) is 5.96 Å². The van der Waals surface area contributed by atoms with Gasteiger partial charge in [-0.25, -0.2) is 0 Å². The minimum Gasteiger partial charge on any atom is -0.379 e. The average molecular weight is 381 g/mol. The zero-order valence-corrected chi connectivity index (χ0v) is 17.2. The van der Waals surface area contributed by atoms with E-state index in [1.165, 1.54) is 22.3 Å². The van der Waals surface area contributed by atoms with E-state index < -0.39 is 0 Å². The normalized spacial score (nSPS) is 16.6. The van der Waals surface area contributed by atoms with E-state index in [2.05, 4.69) is 82.9 Å². The summed E-state index contributed by atoms with van der Waals surface area (Å²) in [6, 6.07) is 17.5. The fourth-order valence-corrected chi connectivity index (χ4v) is 3.66. The van der Waals surface area contributed by atoms with Gasteiger partial charge in [-0.3, -0.25) is 9.89 Å². The van der Waals surface area contributed by atoms with Gasteiger partial charge in [0.25, 0.3) is 0 Å². The van der Waals surface area contributed by atoms with E-state index >= 15 is 0 Å². The van der Waals surface area contributed by atoms with Crippen molar-refractivity contribution in [2.45, 2.75) is 26.4 Å². The Balaban J connectivity index is 1.62. The second-order valence-corrected chi connectivity index (χ2v) is 7.31. The molecule has 0 aromatic heterocycles. The first-order chi connectivity index (χ1) is 13.7. The number of aliphatic imine (C=N–C) groups is 1. The summed E-state index contributed by atoms with van der Waals surface area (Å²) in [5.41, 5.74) is 5.21. The highest BCUT2D eigenvalue weighted by atomic mass is 16.5. The number of ether oxygens (including phenoxy) is 1. The number of aryl methyl sites for hydroxylation is 2. The molecule has 1 fully saturated rings. The Hall–Kier alpha value is -2.37. The maximum absolute atomic E-state index is 5.54. The van der Waals surface area contributed by atoms with Crippen LogP contribution in [-0.2, 0) is 11.3 Å². The maximum Gasteiger partial charge on any atom is 0.191 e. The second kappa shape index (κ2) is 10.2. The maximum atomic E-state index is 5.54. The summed E-state index contributed by atoms with van der Waals surface area (Å²) in [5, 5.41) is 6.97. The molecule has 150 valence electrons. The molecule has 2 aromatic rings. The van der Waals surface area contributed by atoms with Crippen LogP contribution >= 0.6 is 0 Å². The van der Waals surface area contributed by atoms with Gasteiger partial charge >= 0.3 is 0 Å². The molecule has 5 nitrogen and oxygen atoms in total. The third kappa shape index (κ3) is 5.57. The third-order valence-electron chi connectivity index (χ3n) is 5.30. The van der Waals surface area contributed by atoms with Crippen molar-refractivity contribution in [3.63, 3.8) is 0 Å². The van der Waals surface area contributed by atoms with Crippen molar-refractivity contribution in [2.24, 2.45) is 4.99 Å². The van der Waals surface area contributed by atoms with Crippen LogP contribution in [0.1, 0.15) is 28.3 Å². The fraction of sp³-hybridized carbons (Fsp3) is 0.435. The van der Waals surface area contributed by atoms with Gasteiger partial charge < -0.3 is 15.4 Å². The predicted molar refractivity (Wildman–Crippen MR) is 116 cm³/mol. The van der Waals surface area contributed by atoms with E-state index in [0.29, 0.717) is 6.04 Å². The van der Waals surface area contributed by atoms with Crippen LogP contribution in [-0.4, -0.2) is 50.8 Å². The molecule has 1 atom stereocenters. The van der Waals surface area contributed by atoms with Crippen LogP contribution in [0.3, 0.4) is 0 Å². The first-order valence-electron chi connectivity index (χ1n) is 10.0. The molecule has 1 aliphatic rings. The number of rotatable bonds is 6. The van der Waals surface area contributed by atoms with Gasteiger partial charge in [0.2, 0.25) is 0 Å². The van der Waals surface area contributed by atoms with Gasteiger partial charge in [-0.2, -0.15) is 0 Å². The highest BCUT2D eigenvalue weighted by Gasteiger charge is 2.22. The van der Waals surface area contributed by atoms with Gasteiger partial charge in [0.05, 0.1) is 19.3 Å². The minimum absolute atomic E-state index is 0.296. The fourth-order valence-electron chi connectivity index (χ4n) is 3.66. The number of nitrogens with zero attached hydrogens (tertiary/aromatic N) is 2. The molecule has 1 unspecified atom stereocenters. The zero-order chi connectivity index (χ0) is 19.8. The van der Waals surface area contributed by atoms with E-state index in [-0.39, 0.29) is 0 Å². The minimum atomic E-state index is 0.296. The second-order valence-electron chi connectivity index (χ2n) is 7.31. The summed E-state index contributed by atoms with van der Waals surface area (Å²) in [6.07, 6.45) is 0. The molecule has 5 heteroatoms. The van der Waals surface area contributed by atoms with Crippen LogP contribution in [0.25, 0.3) is 0 Å². The summed E-state index contributed by atoms with van der Waals surface area (Å²) in [6.45, 7) is 9.34. The van der Waals surface area contributed by atoms with Crippen molar-refractivity contribution in [3.05, 3.63) is 70.8 Å². The quantitative estimate of drug-likeness (QED) is 0.597. The highest BCUT2D eigenvalue weighted by Crippen LogP contribution is 2.21. The Morgan fingerprint density at radius 3 is 2.50 bits per heavy atom. The van der Waals surface area contributed by atoms with Crippen LogP contribution in [0.15, 0.2) is 53.5 Å². The van der Waals surface area contributed by atoms with Gasteiger partial charge in [0.1, 0.15) is 0 Å². The lowest BCUT2D eigenvalue weighted by Crippen LogP contribution is -2.46. The standard InChI is InChI=1S/C23H32N4O/c1-18-9-10-21(19(2)15-18)16-25-23(24-3)26-17-22(20-7-5-4-6-8-20)27-11-13-28-14-12-27/h4-10,15,22H,11-14,16-17H2,1-3H3,(H2,24,25,26). The van der Waals surface area contributed by atoms with Crippen molar-refractivity contribution in [2.75, 3.05) is 39.9 Å². The van der Waals surface area contributed by atoms with E-state index in [9.17, 15) is 0 Å². The van der Waals surface area contributed by atoms with Crippen molar-refractivity contribution in [1.29, 1.82) is 0 Å². The summed E-state index contributed by atoms with van der Waals surface area (Å²) >= 11 is 0. The number of hydrogen-bond donors (Lipinski definition) is 2. The molecular formula is C23H32N4O. The Morgan fingerprint density at radius 2 is 1.82 bits per heavy atom. The number of guanidine groups is 1. The lowest BCUT2D eigenvalue weighted by atomic mass is 10.0. The summed E-state index contributed by atoms with van der Waals surface area (Å²) in [4.78, 5) is 6.90. The molecule has 1 heterocycles. The molecule has 0 spiro atoms. The van der Waals surface area contributed by atoms with Crippen molar-refractivity contribution < 1.29 is 4.74 Å². The molecule has 1 aliphatic heterocycles. The molecule has 28 heavy (non-hydrogen) atoms. The lowest BCUT2D eigenvalue weighted by Gasteiger charge is -2.35. The predicted octanol–water partition coefficient (Wildman–Crippen LogP) is 3.04. The third-order valence-corrected chi connectivity index (χ3v) is 5.30. The topological polar surface area (TPSA) is 48.9 Å². The van der Waals surface area contributed by atoms with Gasteiger partial charge in [-0.15, -0.1) is 0 Å². The number of hydrogen-bond acceptors (Lipinski definition) is 3. The van der Waals surface area contributed by atoms with Crippen LogP contribution in [0.2, 0.25) is 0 Å². The number of morpholine rings is 1. The zero-order valence-electron chi connectivity index (χ0n) is 17.2. The van der Waals surface area contributed by atoms with E-state index in [1.54, 1.807) is 0 Å². The molecule has 2 aromatic carbocycles. The van der Waals surface area contributed by atoms with Crippen molar-refractivity contribution in [1.82, 2.24) is 15.5 Å². The first kappa shape index (κ1) is 20.4. The molecule has 0 bridgehead atoms. The van der Waals surface area contributed by atoms with Crippen molar-refractivity contribution in [3.8, 4) is 0 Å². The summed E-state index contributed by atoms with van der Waals surface area (Å²) < 4.78 is 5.54. The Bertz CT molecular complexity index is 769. The van der Waals surface area contributed by atoms with Gasteiger partial charge in [-0.1, -0.05) is 54.1 Å². The smallest absolute Gasteiger partial charge is 0.191 e. The monoisotopic (exact) mass is 380 g/mol.